The molecule has 0 bridgehead atoms. The first-order valence-corrected chi connectivity index (χ1v) is 8.38. The Hall–Kier alpha value is -0.530. The molecule has 0 aliphatic carbocycles. The van der Waals surface area contributed by atoms with Gasteiger partial charge in [0.15, 0.2) is 0 Å². The summed E-state index contributed by atoms with van der Waals surface area (Å²) in [5, 5.41) is 0. The highest BCUT2D eigenvalue weighted by Crippen LogP contribution is 2.12. The minimum atomic E-state index is -0.0666. The van der Waals surface area contributed by atoms with Crippen LogP contribution in [0.3, 0.4) is 0 Å². The molecule has 114 valence electrons. The third-order valence-corrected chi connectivity index (χ3v) is 3.71. The fourth-order valence-electron chi connectivity index (χ4n) is 2.39. The van der Waals surface area contributed by atoms with Gasteiger partial charge < -0.3 is 4.74 Å². The summed E-state index contributed by atoms with van der Waals surface area (Å²) in [6.07, 6.45) is 18.0. The fraction of sp³-hybridized carbons (Fsp3) is 0.941. The van der Waals surface area contributed by atoms with Crippen LogP contribution in [0.25, 0.3) is 0 Å². The predicted octanol–water partition coefficient (Wildman–Crippen LogP) is 5.64. The number of rotatable bonds is 14. The quantitative estimate of drug-likeness (QED) is 0.302. The molecule has 0 amide bonds. The van der Waals surface area contributed by atoms with Crippen molar-refractivity contribution in [1.29, 1.82) is 0 Å². The van der Waals surface area contributed by atoms with Gasteiger partial charge in [0.25, 0.3) is 0 Å². The molecule has 0 unspecified atom stereocenters. The van der Waals surface area contributed by atoms with Crippen LogP contribution in [0, 0.1) is 0 Å². The number of carbonyl (C=O) groups is 1. The summed E-state index contributed by atoms with van der Waals surface area (Å²) in [7, 11) is 1.46. The molecule has 0 N–H and O–H groups in total. The van der Waals surface area contributed by atoms with Crippen LogP contribution in [-0.4, -0.2) is 13.1 Å². The lowest BCUT2D eigenvalue weighted by atomic mass is 10.0. The van der Waals surface area contributed by atoms with Gasteiger partial charge in [0, 0.05) is 6.42 Å². The smallest absolute Gasteiger partial charge is 0.305 e. The number of unbranched alkanes of at least 4 members (excludes halogenated alkanes) is 12. The van der Waals surface area contributed by atoms with Crippen LogP contribution < -0.4 is 0 Å². The molecular weight excluding hydrogens is 238 g/mol. The lowest BCUT2D eigenvalue weighted by molar-refractivity contribution is -0.140. The zero-order valence-electron chi connectivity index (χ0n) is 13.2. The van der Waals surface area contributed by atoms with E-state index in [0.29, 0.717) is 6.42 Å². The van der Waals surface area contributed by atoms with Gasteiger partial charge in [0.1, 0.15) is 0 Å². The highest BCUT2D eigenvalue weighted by molar-refractivity contribution is 5.68. The normalized spacial score (nSPS) is 10.6. The van der Waals surface area contributed by atoms with Gasteiger partial charge in [0.2, 0.25) is 0 Å². The molecule has 0 saturated heterocycles. The Morgan fingerprint density at radius 3 is 1.42 bits per heavy atom. The molecule has 2 nitrogen and oxygen atoms in total. The molecule has 2 heteroatoms. The molecule has 0 aliphatic heterocycles. The molecule has 0 saturated carbocycles. The summed E-state index contributed by atoms with van der Waals surface area (Å²) in [4.78, 5) is 10.9. The average molecular weight is 272 g/mol. The first-order chi connectivity index (χ1) is 9.31. The molecule has 0 rings (SSSR count). The monoisotopic (exact) mass is 272 g/mol. The van der Waals surface area contributed by atoms with Gasteiger partial charge in [-0.15, -0.1) is 0 Å². The maximum absolute atomic E-state index is 10.9. The maximum Gasteiger partial charge on any atom is 0.305 e. The molecule has 0 aromatic rings. The zero-order chi connectivity index (χ0) is 14.2. The number of ether oxygens (including phenoxy) is 1. The number of methoxy groups -OCH3 is 1. The van der Waals surface area contributed by atoms with E-state index in [2.05, 4.69) is 11.7 Å². The summed E-state index contributed by atoms with van der Waals surface area (Å²) in [6.45, 7) is 2.27. The van der Waals surface area contributed by atoms with E-state index in [1.54, 1.807) is 0 Å². The van der Waals surface area contributed by atoms with Crippen LogP contribution in [0.5, 0.6) is 0 Å². The highest BCUT2D eigenvalue weighted by atomic mass is 16.7. The minimum Gasteiger partial charge on any atom is -0.469 e. The number of esters is 1. The SMILES string of the molecule is CCCCCCCCCCCCCCC[14C](=O)OC. The van der Waals surface area contributed by atoms with Crippen molar-refractivity contribution in [1.82, 2.24) is 0 Å². The molecule has 0 fully saturated rings. The molecule has 0 spiro atoms. The second-order valence-electron chi connectivity index (χ2n) is 5.57. The van der Waals surface area contributed by atoms with Crippen LogP contribution in [-0.2, 0) is 9.53 Å². The second kappa shape index (κ2) is 15.5. The van der Waals surface area contributed by atoms with Gasteiger partial charge in [-0.3, -0.25) is 4.79 Å². The van der Waals surface area contributed by atoms with Crippen molar-refractivity contribution in [3.63, 3.8) is 0 Å². The molecule has 19 heavy (non-hydrogen) atoms. The molecule has 0 aliphatic rings. The molecular formula is C17H34O2. The molecule has 0 aromatic heterocycles. The summed E-state index contributed by atoms with van der Waals surface area (Å²) < 4.78 is 4.62. The average Bonchev–Trinajstić information content (AvgIpc) is 2.43. The molecule has 0 radical (unpaired) electrons. The van der Waals surface area contributed by atoms with Gasteiger partial charge in [-0.1, -0.05) is 84.0 Å². The topological polar surface area (TPSA) is 26.3 Å². The van der Waals surface area contributed by atoms with E-state index >= 15 is 0 Å². The van der Waals surface area contributed by atoms with Crippen LogP contribution in [0.2, 0.25) is 0 Å². The van der Waals surface area contributed by atoms with Crippen molar-refractivity contribution in [2.75, 3.05) is 7.11 Å². The van der Waals surface area contributed by atoms with Crippen molar-refractivity contribution in [2.24, 2.45) is 0 Å². The van der Waals surface area contributed by atoms with Gasteiger partial charge in [-0.05, 0) is 6.42 Å². The van der Waals surface area contributed by atoms with Gasteiger partial charge in [-0.25, -0.2) is 0 Å². The van der Waals surface area contributed by atoms with Crippen LogP contribution in [0.1, 0.15) is 96.8 Å². The van der Waals surface area contributed by atoms with Crippen molar-refractivity contribution in [2.45, 2.75) is 96.8 Å². The first-order valence-electron chi connectivity index (χ1n) is 8.38. The number of hydrogen-bond acceptors (Lipinski definition) is 2. The summed E-state index contributed by atoms with van der Waals surface area (Å²) >= 11 is 0. The Kier molecular flexibility index (Phi) is 15.1. The van der Waals surface area contributed by atoms with Gasteiger partial charge in [0.05, 0.1) is 7.11 Å². The standard InChI is InChI=1S/C17H34O2/c1-3-4-5-6-7-8-9-10-11-12-13-14-15-16-17(18)19-2/h3-16H2,1-2H3/i17+2. The van der Waals surface area contributed by atoms with E-state index in [4.69, 9.17) is 0 Å². The van der Waals surface area contributed by atoms with Crippen LogP contribution >= 0.6 is 0 Å². The molecule has 0 heterocycles. The van der Waals surface area contributed by atoms with E-state index in [1.165, 1.54) is 84.2 Å². The first kappa shape index (κ1) is 18.5. The van der Waals surface area contributed by atoms with Crippen molar-refractivity contribution in [3.8, 4) is 0 Å². The molecule has 0 atom stereocenters. The van der Waals surface area contributed by atoms with E-state index < -0.39 is 0 Å². The lowest BCUT2D eigenvalue weighted by Gasteiger charge is -2.03. The van der Waals surface area contributed by atoms with Crippen LogP contribution in [0.4, 0.5) is 0 Å². The lowest BCUT2D eigenvalue weighted by Crippen LogP contribution is -1.99. The van der Waals surface area contributed by atoms with E-state index in [1.807, 2.05) is 0 Å². The third kappa shape index (κ3) is 15.4. The number of carbonyl (C=O) groups excluding carboxylic acids is 1. The van der Waals surface area contributed by atoms with E-state index in [-0.39, 0.29) is 5.97 Å². The Balaban J connectivity index is 2.97. The summed E-state index contributed by atoms with van der Waals surface area (Å²) in [5.74, 6) is -0.0666. The third-order valence-electron chi connectivity index (χ3n) is 3.71. The van der Waals surface area contributed by atoms with E-state index in [9.17, 15) is 4.79 Å². The highest BCUT2D eigenvalue weighted by Gasteiger charge is 1.99. The maximum atomic E-state index is 10.9. The summed E-state index contributed by atoms with van der Waals surface area (Å²) in [5.41, 5.74) is 0. The minimum absolute atomic E-state index is 0.0666. The van der Waals surface area contributed by atoms with Gasteiger partial charge >= 0.3 is 5.97 Å². The Bertz CT molecular complexity index is 190. The number of hydrogen-bond donors (Lipinski definition) is 0. The van der Waals surface area contributed by atoms with Crippen molar-refractivity contribution in [3.05, 3.63) is 0 Å². The van der Waals surface area contributed by atoms with Crippen molar-refractivity contribution >= 4 is 5.97 Å². The Labute approximate surface area is 120 Å². The Morgan fingerprint density at radius 1 is 0.684 bits per heavy atom. The Morgan fingerprint density at radius 2 is 1.05 bits per heavy atom. The van der Waals surface area contributed by atoms with E-state index in [0.717, 1.165) is 6.42 Å². The van der Waals surface area contributed by atoms with Gasteiger partial charge in [-0.2, -0.15) is 0 Å². The second-order valence-corrected chi connectivity index (χ2v) is 5.57. The zero-order valence-corrected chi connectivity index (χ0v) is 13.2. The van der Waals surface area contributed by atoms with Crippen molar-refractivity contribution < 1.29 is 9.53 Å². The predicted molar refractivity (Wildman–Crippen MR) is 82.3 cm³/mol. The largest absolute Gasteiger partial charge is 0.469 e. The summed E-state index contributed by atoms with van der Waals surface area (Å²) in [6, 6.07) is 0. The molecule has 0 aromatic carbocycles. The fourth-order valence-corrected chi connectivity index (χ4v) is 2.39. The van der Waals surface area contributed by atoms with Crippen LogP contribution in [0.15, 0.2) is 0 Å².